The summed E-state index contributed by atoms with van der Waals surface area (Å²) in [5, 5.41) is 1.04. The summed E-state index contributed by atoms with van der Waals surface area (Å²) in [4.78, 5) is 26.4. The first-order valence-corrected chi connectivity index (χ1v) is 10.6. The number of fused-ring (bicyclic) bond motifs is 4. The molecule has 0 aliphatic carbocycles. The molecule has 0 unspecified atom stereocenters. The Morgan fingerprint density at radius 2 is 1.40 bits per heavy atom. The molecule has 2 heterocycles. The van der Waals surface area contributed by atoms with Gasteiger partial charge in [-0.25, -0.2) is 3.97 Å². The summed E-state index contributed by atoms with van der Waals surface area (Å²) < 4.78 is 37.0. The number of rotatable bonds is 1. The van der Waals surface area contributed by atoms with Gasteiger partial charge in [0.2, 0.25) is 0 Å². The lowest BCUT2D eigenvalue weighted by Crippen LogP contribution is -2.19. The van der Waals surface area contributed by atoms with Crippen LogP contribution >= 0.6 is 0 Å². The summed E-state index contributed by atoms with van der Waals surface area (Å²) >= 11 is 0. The molecule has 30 heavy (non-hydrogen) atoms. The third-order valence-corrected chi connectivity index (χ3v) is 6.48. The Morgan fingerprint density at radius 1 is 0.767 bits per heavy atom. The molecular formula is C22H16N2O5S. The van der Waals surface area contributed by atoms with Crippen LogP contribution in [-0.2, 0) is 17.4 Å². The van der Waals surface area contributed by atoms with Gasteiger partial charge in [0.05, 0.1) is 22.1 Å². The molecule has 0 atom stereocenters. The number of aromatic nitrogens is 2. The highest BCUT2D eigenvalue weighted by Crippen LogP contribution is 2.27. The predicted molar refractivity (Wildman–Crippen MR) is 118 cm³/mol. The van der Waals surface area contributed by atoms with E-state index >= 15 is 0 Å². The molecule has 0 aliphatic heterocycles. The van der Waals surface area contributed by atoms with Crippen molar-refractivity contribution in [2.24, 2.45) is 7.05 Å². The van der Waals surface area contributed by atoms with Crippen molar-refractivity contribution in [1.82, 2.24) is 8.54 Å². The largest absolute Gasteiger partial charge is 0.364 e. The van der Waals surface area contributed by atoms with Crippen LogP contribution in [0.3, 0.4) is 0 Å². The molecule has 0 spiro atoms. The molecule has 8 heteroatoms. The van der Waals surface area contributed by atoms with Crippen LogP contribution in [0.1, 0.15) is 5.56 Å². The normalized spacial score (nSPS) is 12.4. The van der Waals surface area contributed by atoms with Gasteiger partial charge in [-0.05, 0) is 42.8 Å². The zero-order valence-electron chi connectivity index (χ0n) is 16.1. The molecule has 0 fully saturated rings. The van der Waals surface area contributed by atoms with E-state index < -0.39 is 10.3 Å². The van der Waals surface area contributed by atoms with E-state index in [1.54, 1.807) is 19.2 Å². The van der Waals surface area contributed by atoms with Crippen molar-refractivity contribution in [3.63, 3.8) is 0 Å². The van der Waals surface area contributed by atoms with Gasteiger partial charge in [-0.3, -0.25) is 14.1 Å². The molecule has 0 radical (unpaired) electrons. The molecular weight excluding hydrogens is 404 g/mol. The first-order chi connectivity index (χ1) is 14.2. The van der Waals surface area contributed by atoms with Crippen molar-refractivity contribution in [3.8, 4) is 0 Å². The number of pyridine rings is 2. The second kappa shape index (κ2) is 6.01. The summed E-state index contributed by atoms with van der Waals surface area (Å²) in [6.45, 7) is 1.83. The van der Waals surface area contributed by atoms with E-state index in [9.17, 15) is 22.6 Å². The average molecular weight is 420 g/mol. The minimum Gasteiger partial charge on any atom is -0.343 e. The minimum absolute atomic E-state index is 0.0428. The van der Waals surface area contributed by atoms with E-state index in [-0.39, 0.29) is 38.0 Å². The van der Waals surface area contributed by atoms with E-state index in [1.165, 1.54) is 24.3 Å². The van der Waals surface area contributed by atoms with E-state index in [1.807, 2.05) is 29.7 Å². The Hall–Kier alpha value is -3.49. The van der Waals surface area contributed by atoms with Crippen LogP contribution in [0.5, 0.6) is 0 Å². The first kappa shape index (κ1) is 18.5. The van der Waals surface area contributed by atoms with Crippen LogP contribution in [0.4, 0.5) is 0 Å². The number of benzene rings is 3. The van der Waals surface area contributed by atoms with Crippen LogP contribution in [0, 0.1) is 6.92 Å². The molecule has 150 valence electrons. The second-order valence-corrected chi connectivity index (χ2v) is 8.59. The van der Waals surface area contributed by atoms with Crippen molar-refractivity contribution in [1.29, 1.82) is 0 Å². The summed E-state index contributed by atoms with van der Waals surface area (Å²) in [7, 11) is -2.96. The van der Waals surface area contributed by atoms with Gasteiger partial charge in [0.25, 0.3) is 0 Å². The monoisotopic (exact) mass is 420 g/mol. The van der Waals surface area contributed by atoms with Gasteiger partial charge < -0.3 is 4.57 Å². The Bertz CT molecular complexity index is 1780. The van der Waals surface area contributed by atoms with Crippen molar-refractivity contribution in [2.45, 2.75) is 6.92 Å². The fraction of sp³-hybridized carbons (Fsp3) is 0.0909. The van der Waals surface area contributed by atoms with Gasteiger partial charge in [0.15, 0.2) is 10.9 Å². The van der Waals surface area contributed by atoms with Gasteiger partial charge >= 0.3 is 10.3 Å². The molecule has 1 N–H and O–H groups in total. The molecule has 5 aromatic rings. The Labute approximate surface area is 170 Å². The van der Waals surface area contributed by atoms with Gasteiger partial charge in [0, 0.05) is 28.6 Å². The predicted octanol–water partition coefficient (Wildman–Crippen LogP) is 3.12. The van der Waals surface area contributed by atoms with E-state index in [2.05, 4.69) is 0 Å². The summed E-state index contributed by atoms with van der Waals surface area (Å²) in [6.07, 6.45) is 0. The number of para-hydroxylation sites is 1. The number of nitrogens with zero attached hydrogens (tertiary/aromatic N) is 2. The molecule has 3 aromatic carbocycles. The zero-order valence-corrected chi connectivity index (χ0v) is 16.9. The fourth-order valence-electron chi connectivity index (χ4n) is 4.24. The molecule has 0 saturated heterocycles. The standard InChI is InChI=1S/C22H16N2O5S/c1-12-6-5-9-17-20(12)22(26)14-11-19-15(10-18(14)23(17)2)21(25)13-7-3-4-8-16(13)24(19)30(27,28)29/h3-11H,1-2H3,(H,27,28,29). The van der Waals surface area contributed by atoms with Gasteiger partial charge in [-0.15, -0.1) is 0 Å². The van der Waals surface area contributed by atoms with Crippen LogP contribution in [-0.4, -0.2) is 21.5 Å². The number of hydrogen-bond acceptors (Lipinski definition) is 4. The maximum Gasteiger partial charge on any atom is 0.364 e. The molecule has 2 aromatic heterocycles. The average Bonchev–Trinajstić information content (AvgIpc) is 2.70. The molecule has 5 rings (SSSR count). The maximum absolute atomic E-state index is 13.3. The highest BCUT2D eigenvalue weighted by molar-refractivity contribution is 7.84. The SMILES string of the molecule is Cc1cccc2c1c(=O)c1cc3c(cc1n2C)c(=O)c1ccccc1n3S(=O)(=O)O. The topological polar surface area (TPSA) is 98.4 Å². The first-order valence-electron chi connectivity index (χ1n) is 9.17. The lowest BCUT2D eigenvalue weighted by Gasteiger charge is -2.15. The quantitative estimate of drug-likeness (QED) is 0.332. The molecule has 0 aliphatic rings. The zero-order chi connectivity index (χ0) is 21.4. The van der Waals surface area contributed by atoms with Crippen LogP contribution < -0.4 is 10.9 Å². The third kappa shape index (κ3) is 2.38. The van der Waals surface area contributed by atoms with Gasteiger partial charge in [0.1, 0.15) is 0 Å². The number of aryl methyl sites for hydroxylation is 2. The molecule has 0 saturated carbocycles. The van der Waals surface area contributed by atoms with Crippen molar-refractivity contribution < 1.29 is 13.0 Å². The highest BCUT2D eigenvalue weighted by atomic mass is 32.2. The van der Waals surface area contributed by atoms with Crippen LogP contribution in [0.15, 0.2) is 64.2 Å². The Kier molecular flexibility index (Phi) is 3.71. The smallest absolute Gasteiger partial charge is 0.343 e. The Morgan fingerprint density at radius 3 is 2.13 bits per heavy atom. The highest BCUT2D eigenvalue weighted by Gasteiger charge is 2.20. The molecule has 7 nitrogen and oxygen atoms in total. The van der Waals surface area contributed by atoms with Crippen molar-refractivity contribution >= 4 is 53.9 Å². The summed E-state index contributed by atoms with van der Waals surface area (Å²) in [5.41, 5.74) is 1.37. The molecule has 0 amide bonds. The minimum atomic E-state index is -4.75. The maximum atomic E-state index is 13.3. The van der Waals surface area contributed by atoms with Crippen molar-refractivity contribution in [3.05, 3.63) is 80.6 Å². The van der Waals surface area contributed by atoms with Crippen molar-refractivity contribution in [2.75, 3.05) is 0 Å². The molecule has 0 bridgehead atoms. The van der Waals surface area contributed by atoms with Crippen LogP contribution in [0.25, 0.3) is 43.6 Å². The lowest BCUT2D eigenvalue weighted by atomic mass is 10.0. The lowest BCUT2D eigenvalue weighted by molar-refractivity contribution is 0.476. The van der Waals surface area contributed by atoms with Gasteiger partial charge in [-0.1, -0.05) is 24.3 Å². The van der Waals surface area contributed by atoms with Crippen LogP contribution in [0.2, 0.25) is 0 Å². The van der Waals surface area contributed by atoms with Gasteiger partial charge in [-0.2, -0.15) is 8.42 Å². The van der Waals surface area contributed by atoms with E-state index in [4.69, 9.17) is 0 Å². The third-order valence-electron chi connectivity index (χ3n) is 5.62. The number of hydrogen-bond donors (Lipinski definition) is 1. The Balaban J connectivity index is 2.17. The fourth-order valence-corrected chi connectivity index (χ4v) is 5.05. The summed E-state index contributed by atoms with van der Waals surface area (Å²) in [6, 6.07) is 14.5. The van der Waals surface area contributed by atoms with E-state index in [0.717, 1.165) is 5.56 Å². The summed E-state index contributed by atoms with van der Waals surface area (Å²) in [5.74, 6) is 0. The van der Waals surface area contributed by atoms with E-state index in [0.29, 0.717) is 20.4 Å². The second-order valence-electron chi connectivity index (χ2n) is 7.33.